The Balaban J connectivity index is 2.16. The van der Waals surface area contributed by atoms with E-state index in [1.165, 1.54) is 0 Å². The van der Waals surface area contributed by atoms with Crippen LogP contribution < -0.4 is 15.4 Å². The summed E-state index contributed by atoms with van der Waals surface area (Å²) in [6, 6.07) is 7.78. The molecular formula is C13H16N2O2. The van der Waals surface area contributed by atoms with E-state index in [1.807, 2.05) is 31.2 Å². The summed E-state index contributed by atoms with van der Waals surface area (Å²) in [7, 11) is 0. The molecule has 0 bridgehead atoms. The molecule has 1 amide bonds. The highest BCUT2D eigenvalue weighted by Crippen LogP contribution is 2.40. The largest absolute Gasteiger partial charge is 0.493 e. The van der Waals surface area contributed by atoms with Crippen molar-refractivity contribution in [2.45, 2.75) is 12.5 Å². The lowest BCUT2D eigenvalue weighted by Gasteiger charge is -2.45. The van der Waals surface area contributed by atoms with Crippen LogP contribution in [0, 0.1) is 5.92 Å². The number of carbonyl (C=O) groups excluding carboxylic acids is 1. The standard InChI is InChI=1S/C13H16N2O2/c1-9-8-17-11-5-3-2-4-10(11)13(9)12(16)14-6-7-15-13/h2-5,9,15H,6-8H2,1H3,(H,14,16). The number of rotatable bonds is 0. The van der Waals surface area contributed by atoms with Crippen molar-refractivity contribution in [2.24, 2.45) is 5.92 Å². The Kier molecular flexibility index (Phi) is 2.33. The normalized spacial score (nSPS) is 31.6. The second-order valence-electron chi connectivity index (χ2n) is 4.70. The third-order valence-corrected chi connectivity index (χ3v) is 3.71. The van der Waals surface area contributed by atoms with Crippen molar-refractivity contribution in [3.8, 4) is 5.75 Å². The molecule has 4 heteroatoms. The lowest BCUT2D eigenvalue weighted by atomic mass is 9.75. The molecule has 0 aromatic heterocycles. The molecule has 1 spiro atoms. The minimum Gasteiger partial charge on any atom is -0.493 e. The van der Waals surface area contributed by atoms with Gasteiger partial charge in [-0.1, -0.05) is 25.1 Å². The molecule has 1 fully saturated rings. The smallest absolute Gasteiger partial charge is 0.245 e. The highest BCUT2D eigenvalue weighted by molar-refractivity contribution is 5.90. The van der Waals surface area contributed by atoms with Crippen molar-refractivity contribution in [3.05, 3.63) is 29.8 Å². The molecule has 3 rings (SSSR count). The van der Waals surface area contributed by atoms with Crippen LogP contribution in [0.25, 0.3) is 0 Å². The summed E-state index contributed by atoms with van der Waals surface area (Å²) in [4.78, 5) is 12.3. The van der Waals surface area contributed by atoms with Gasteiger partial charge in [-0.25, -0.2) is 0 Å². The van der Waals surface area contributed by atoms with Crippen molar-refractivity contribution < 1.29 is 9.53 Å². The van der Waals surface area contributed by atoms with E-state index < -0.39 is 5.54 Å². The zero-order valence-electron chi connectivity index (χ0n) is 9.82. The average molecular weight is 232 g/mol. The molecule has 0 saturated carbocycles. The Morgan fingerprint density at radius 1 is 1.35 bits per heavy atom. The van der Waals surface area contributed by atoms with E-state index in [0.717, 1.165) is 17.9 Å². The van der Waals surface area contributed by atoms with Crippen LogP contribution in [0.4, 0.5) is 0 Å². The lowest BCUT2D eigenvalue weighted by Crippen LogP contribution is -2.65. The first kappa shape index (κ1) is 10.6. The molecule has 2 atom stereocenters. The molecule has 2 unspecified atom stereocenters. The van der Waals surface area contributed by atoms with E-state index >= 15 is 0 Å². The Hall–Kier alpha value is -1.55. The maximum Gasteiger partial charge on any atom is 0.245 e. The van der Waals surface area contributed by atoms with Gasteiger partial charge in [-0.2, -0.15) is 0 Å². The second kappa shape index (κ2) is 3.74. The van der Waals surface area contributed by atoms with E-state index in [9.17, 15) is 4.79 Å². The molecule has 17 heavy (non-hydrogen) atoms. The lowest BCUT2D eigenvalue weighted by molar-refractivity contribution is -0.133. The van der Waals surface area contributed by atoms with Crippen LogP contribution in [-0.2, 0) is 10.3 Å². The minimum absolute atomic E-state index is 0.0620. The molecule has 4 nitrogen and oxygen atoms in total. The van der Waals surface area contributed by atoms with E-state index in [2.05, 4.69) is 10.6 Å². The number of para-hydroxylation sites is 1. The van der Waals surface area contributed by atoms with Crippen LogP contribution in [0.1, 0.15) is 12.5 Å². The molecule has 1 saturated heterocycles. The first-order valence-electron chi connectivity index (χ1n) is 6.01. The van der Waals surface area contributed by atoms with Gasteiger partial charge < -0.3 is 10.1 Å². The number of nitrogens with one attached hydrogen (secondary N) is 2. The second-order valence-corrected chi connectivity index (χ2v) is 4.70. The molecule has 0 radical (unpaired) electrons. The number of amides is 1. The summed E-state index contributed by atoms with van der Waals surface area (Å²) in [5, 5.41) is 6.36. The zero-order valence-corrected chi connectivity index (χ0v) is 9.82. The quantitative estimate of drug-likeness (QED) is 0.690. The highest BCUT2D eigenvalue weighted by atomic mass is 16.5. The number of benzene rings is 1. The zero-order chi connectivity index (χ0) is 11.9. The monoisotopic (exact) mass is 232 g/mol. The predicted octanol–water partition coefficient (Wildman–Crippen LogP) is 0.630. The first-order chi connectivity index (χ1) is 8.25. The van der Waals surface area contributed by atoms with Gasteiger partial charge in [-0.05, 0) is 6.07 Å². The Labute approximate surface area is 100 Å². The summed E-state index contributed by atoms with van der Waals surface area (Å²) >= 11 is 0. The van der Waals surface area contributed by atoms with Crippen molar-refractivity contribution in [3.63, 3.8) is 0 Å². The molecular weight excluding hydrogens is 216 g/mol. The summed E-state index contributed by atoms with van der Waals surface area (Å²) in [5.74, 6) is 1.000. The SMILES string of the molecule is CC1COc2ccccc2C12NCCNC2=O. The summed E-state index contributed by atoms with van der Waals surface area (Å²) < 4.78 is 5.69. The van der Waals surface area contributed by atoms with Gasteiger partial charge in [0.05, 0.1) is 6.61 Å². The predicted molar refractivity (Wildman–Crippen MR) is 63.8 cm³/mol. The number of carbonyl (C=O) groups is 1. The third kappa shape index (κ3) is 1.37. The Morgan fingerprint density at radius 2 is 2.18 bits per heavy atom. The van der Waals surface area contributed by atoms with Crippen molar-refractivity contribution in [1.29, 1.82) is 0 Å². The Morgan fingerprint density at radius 3 is 3.00 bits per heavy atom. The third-order valence-electron chi connectivity index (χ3n) is 3.71. The van der Waals surface area contributed by atoms with E-state index in [-0.39, 0.29) is 11.8 Å². The van der Waals surface area contributed by atoms with Gasteiger partial charge in [-0.3, -0.25) is 10.1 Å². The number of ether oxygens (including phenoxy) is 1. The van der Waals surface area contributed by atoms with Crippen LogP contribution in [0.5, 0.6) is 5.75 Å². The fourth-order valence-electron chi connectivity index (χ4n) is 2.79. The maximum atomic E-state index is 12.3. The minimum atomic E-state index is -0.618. The molecule has 2 heterocycles. The molecule has 1 aromatic rings. The van der Waals surface area contributed by atoms with E-state index in [1.54, 1.807) is 0 Å². The molecule has 0 aliphatic carbocycles. The van der Waals surface area contributed by atoms with Crippen molar-refractivity contribution in [2.75, 3.05) is 19.7 Å². The fourth-order valence-corrected chi connectivity index (χ4v) is 2.79. The van der Waals surface area contributed by atoms with Gasteiger partial charge in [0.1, 0.15) is 11.3 Å². The number of hydrogen-bond acceptors (Lipinski definition) is 3. The van der Waals surface area contributed by atoms with Crippen LogP contribution in [0.15, 0.2) is 24.3 Å². The van der Waals surface area contributed by atoms with Gasteiger partial charge >= 0.3 is 0 Å². The Bertz CT molecular complexity index is 460. The van der Waals surface area contributed by atoms with Crippen LogP contribution >= 0.6 is 0 Å². The summed E-state index contributed by atoms with van der Waals surface area (Å²) in [6.45, 7) is 4.10. The maximum absolute atomic E-state index is 12.3. The average Bonchev–Trinajstić information content (AvgIpc) is 2.37. The molecule has 1 aromatic carbocycles. The molecule has 2 N–H and O–H groups in total. The number of fused-ring (bicyclic) bond motifs is 2. The van der Waals surface area contributed by atoms with E-state index in [4.69, 9.17) is 4.74 Å². The van der Waals surface area contributed by atoms with Crippen LogP contribution in [0.3, 0.4) is 0 Å². The fraction of sp³-hybridized carbons (Fsp3) is 0.462. The van der Waals surface area contributed by atoms with Crippen molar-refractivity contribution >= 4 is 5.91 Å². The van der Waals surface area contributed by atoms with Crippen molar-refractivity contribution in [1.82, 2.24) is 10.6 Å². The van der Waals surface area contributed by atoms with Crippen LogP contribution in [-0.4, -0.2) is 25.6 Å². The van der Waals surface area contributed by atoms with Gasteiger partial charge in [0.25, 0.3) is 0 Å². The van der Waals surface area contributed by atoms with Gasteiger partial charge in [0.15, 0.2) is 0 Å². The van der Waals surface area contributed by atoms with E-state index in [0.29, 0.717) is 13.2 Å². The summed E-state index contributed by atoms with van der Waals surface area (Å²) in [5.41, 5.74) is 0.337. The molecule has 2 aliphatic heterocycles. The van der Waals surface area contributed by atoms with Gasteiger partial charge in [-0.15, -0.1) is 0 Å². The topological polar surface area (TPSA) is 50.4 Å². The van der Waals surface area contributed by atoms with Gasteiger partial charge in [0.2, 0.25) is 5.91 Å². The molecule has 90 valence electrons. The first-order valence-corrected chi connectivity index (χ1v) is 6.01. The summed E-state index contributed by atoms with van der Waals surface area (Å²) in [6.07, 6.45) is 0. The van der Waals surface area contributed by atoms with Crippen LogP contribution in [0.2, 0.25) is 0 Å². The molecule has 2 aliphatic rings. The van der Waals surface area contributed by atoms with Gasteiger partial charge in [0, 0.05) is 24.6 Å². The number of piperazine rings is 1. The highest BCUT2D eigenvalue weighted by Gasteiger charge is 2.50. The number of hydrogen-bond donors (Lipinski definition) is 2.